The number of benzene rings is 2. The first-order valence-electron chi connectivity index (χ1n) is 9.59. The molecule has 4 N–H and O–H groups in total. The van der Waals surface area contributed by atoms with Gasteiger partial charge in [-0.15, -0.1) is 0 Å². The summed E-state index contributed by atoms with van der Waals surface area (Å²) in [4.78, 5) is 24.7. The number of carbonyl (C=O) groups is 2. The number of hydrogen-bond acceptors (Lipinski definition) is 4. The van der Waals surface area contributed by atoms with E-state index in [2.05, 4.69) is 15.5 Å². The molecule has 0 aliphatic heterocycles. The first-order chi connectivity index (χ1) is 14.1. The highest BCUT2D eigenvalue weighted by atomic mass is 16.5. The molecule has 1 heterocycles. The highest BCUT2D eigenvalue weighted by Crippen LogP contribution is 2.42. The fourth-order valence-electron chi connectivity index (χ4n) is 4.03. The highest BCUT2D eigenvalue weighted by Gasteiger charge is 2.42. The number of anilines is 1. The third-order valence-electron chi connectivity index (χ3n) is 5.65. The van der Waals surface area contributed by atoms with Crippen LogP contribution in [0.4, 0.5) is 5.69 Å². The molecule has 0 bridgehead atoms. The minimum atomic E-state index is -0.590. The molecule has 0 unspecified atom stereocenters. The summed E-state index contributed by atoms with van der Waals surface area (Å²) in [5.41, 5.74) is 4.94. The van der Waals surface area contributed by atoms with Crippen molar-refractivity contribution in [1.29, 1.82) is 0 Å². The smallest absolute Gasteiger partial charge is 0.274 e. The van der Waals surface area contributed by atoms with Gasteiger partial charge in [-0.1, -0.05) is 37.1 Å². The van der Waals surface area contributed by atoms with Gasteiger partial charge in [0.2, 0.25) is 5.91 Å². The van der Waals surface area contributed by atoms with E-state index in [0.717, 1.165) is 42.5 Å². The van der Waals surface area contributed by atoms with Crippen LogP contribution in [-0.4, -0.2) is 27.2 Å². The molecule has 0 saturated heterocycles. The molecule has 2 aromatic carbocycles. The predicted octanol–water partition coefficient (Wildman–Crippen LogP) is 3.65. The standard InChI is InChI=1S/C22H22N4O3/c27-20(26-29)16-5-9-18(10-6-16)24-21(28)22(12-1-2-13-22)17-7-3-15(4-8-17)19-11-14-23-25-19/h3-11,14,29H,1-2,12-13H2,(H,23,25)(H,24,28)(H,26,27). The van der Waals surface area contributed by atoms with Crippen LogP contribution in [0.5, 0.6) is 0 Å². The van der Waals surface area contributed by atoms with Crippen LogP contribution >= 0.6 is 0 Å². The van der Waals surface area contributed by atoms with E-state index >= 15 is 0 Å². The molecular formula is C22H22N4O3. The first kappa shape index (κ1) is 18.9. The number of H-pyrrole nitrogens is 1. The van der Waals surface area contributed by atoms with E-state index in [-0.39, 0.29) is 5.91 Å². The second-order valence-electron chi connectivity index (χ2n) is 7.31. The van der Waals surface area contributed by atoms with Crippen molar-refractivity contribution in [3.05, 3.63) is 71.9 Å². The fraction of sp³-hybridized carbons (Fsp3) is 0.227. The van der Waals surface area contributed by atoms with E-state index in [0.29, 0.717) is 11.3 Å². The van der Waals surface area contributed by atoms with Gasteiger partial charge in [0.05, 0.1) is 11.1 Å². The molecule has 0 atom stereocenters. The van der Waals surface area contributed by atoms with Gasteiger partial charge in [-0.3, -0.25) is 19.9 Å². The fourth-order valence-corrected chi connectivity index (χ4v) is 4.03. The molecule has 148 valence electrons. The molecular weight excluding hydrogens is 368 g/mol. The lowest BCUT2D eigenvalue weighted by atomic mass is 9.77. The summed E-state index contributed by atoms with van der Waals surface area (Å²) in [7, 11) is 0. The average molecular weight is 390 g/mol. The zero-order valence-corrected chi connectivity index (χ0v) is 15.8. The molecule has 0 radical (unpaired) electrons. The van der Waals surface area contributed by atoms with Crippen LogP contribution in [0.25, 0.3) is 11.3 Å². The molecule has 29 heavy (non-hydrogen) atoms. The number of rotatable bonds is 5. The lowest BCUT2D eigenvalue weighted by Crippen LogP contribution is -2.38. The molecule has 2 amide bonds. The van der Waals surface area contributed by atoms with Gasteiger partial charge in [0.1, 0.15) is 0 Å². The maximum absolute atomic E-state index is 13.3. The van der Waals surface area contributed by atoms with Crippen LogP contribution < -0.4 is 10.8 Å². The molecule has 3 aromatic rings. The topological polar surface area (TPSA) is 107 Å². The molecule has 7 nitrogen and oxygen atoms in total. The average Bonchev–Trinajstić information content (AvgIpc) is 3.47. The normalized spacial score (nSPS) is 15.1. The minimum Gasteiger partial charge on any atom is -0.325 e. The SMILES string of the molecule is O=C(NO)c1ccc(NC(=O)C2(c3ccc(-c4ccn[nH]4)cc3)CCCC2)cc1. The van der Waals surface area contributed by atoms with Crippen LogP contribution in [0.1, 0.15) is 41.6 Å². The number of aromatic nitrogens is 2. The van der Waals surface area contributed by atoms with Crippen molar-refractivity contribution in [3.8, 4) is 11.3 Å². The lowest BCUT2D eigenvalue weighted by molar-refractivity contribution is -0.121. The monoisotopic (exact) mass is 390 g/mol. The number of aromatic amines is 1. The Morgan fingerprint density at radius 1 is 0.966 bits per heavy atom. The minimum absolute atomic E-state index is 0.0383. The number of carbonyl (C=O) groups excluding carboxylic acids is 2. The number of hydroxylamine groups is 1. The predicted molar refractivity (Wildman–Crippen MR) is 108 cm³/mol. The van der Waals surface area contributed by atoms with Crippen molar-refractivity contribution in [1.82, 2.24) is 15.7 Å². The summed E-state index contributed by atoms with van der Waals surface area (Å²) in [6.07, 6.45) is 5.32. The summed E-state index contributed by atoms with van der Waals surface area (Å²) in [5.74, 6) is -0.629. The summed E-state index contributed by atoms with van der Waals surface area (Å²) in [6, 6.07) is 16.4. The summed E-state index contributed by atoms with van der Waals surface area (Å²) >= 11 is 0. The van der Waals surface area contributed by atoms with Crippen LogP contribution in [0, 0.1) is 0 Å². The van der Waals surface area contributed by atoms with E-state index in [9.17, 15) is 9.59 Å². The van der Waals surface area contributed by atoms with Gasteiger partial charge in [-0.05, 0) is 54.3 Å². The molecule has 1 fully saturated rings. The number of nitrogens with zero attached hydrogens (tertiary/aromatic N) is 1. The van der Waals surface area contributed by atoms with Crippen LogP contribution in [0.3, 0.4) is 0 Å². The van der Waals surface area contributed by atoms with Crippen molar-refractivity contribution >= 4 is 17.5 Å². The van der Waals surface area contributed by atoms with Crippen molar-refractivity contribution in [3.63, 3.8) is 0 Å². The van der Waals surface area contributed by atoms with Crippen molar-refractivity contribution < 1.29 is 14.8 Å². The Balaban J connectivity index is 1.56. The van der Waals surface area contributed by atoms with E-state index < -0.39 is 11.3 Å². The quantitative estimate of drug-likeness (QED) is 0.394. The Morgan fingerprint density at radius 2 is 1.66 bits per heavy atom. The molecule has 1 aromatic heterocycles. The lowest BCUT2D eigenvalue weighted by Gasteiger charge is -2.28. The maximum atomic E-state index is 13.3. The molecule has 1 aliphatic rings. The largest absolute Gasteiger partial charge is 0.325 e. The van der Waals surface area contributed by atoms with E-state index in [1.54, 1.807) is 35.9 Å². The molecule has 1 aliphatic carbocycles. The van der Waals surface area contributed by atoms with Gasteiger partial charge < -0.3 is 5.32 Å². The van der Waals surface area contributed by atoms with Crippen LogP contribution in [-0.2, 0) is 10.2 Å². The van der Waals surface area contributed by atoms with E-state index in [1.165, 1.54) is 0 Å². The van der Waals surface area contributed by atoms with E-state index in [1.807, 2.05) is 30.3 Å². The van der Waals surface area contributed by atoms with Gasteiger partial charge >= 0.3 is 0 Å². The van der Waals surface area contributed by atoms with Crippen LogP contribution in [0.15, 0.2) is 60.8 Å². The Bertz CT molecular complexity index is 990. The zero-order valence-electron chi connectivity index (χ0n) is 15.8. The number of amides is 2. The molecule has 4 rings (SSSR count). The first-order valence-corrected chi connectivity index (χ1v) is 9.59. The van der Waals surface area contributed by atoms with Gasteiger partial charge in [0.25, 0.3) is 5.91 Å². The third-order valence-corrected chi connectivity index (χ3v) is 5.65. The number of nitrogens with one attached hydrogen (secondary N) is 3. The van der Waals surface area contributed by atoms with Crippen molar-refractivity contribution in [2.24, 2.45) is 0 Å². The molecule has 7 heteroatoms. The third kappa shape index (κ3) is 3.64. The second-order valence-corrected chi connectivity index (χ2v) is 7.31. The van der Waals surface area contributed by atoms with Crippen LogP contribution in [0.2, 0.25) is 0 Å². The van der Waals surface area contributed by atoms with Crippen molar-refractivity contribution in [2.75, 3.05) is 5.32 Å². The van der Waals surface area contributed by atoms with Gasteiger partial charge in [-0.25, -0.2) is 5.48 Å². The molecule has 0 spiro atoms. The summed E-state index contributed by atoms with van der Waals surface area (Å²) < 4.78 is 0. The Labute approximate surface area is 168 Å². The Kier molecular flexibility index (Phi) is 5.14. The van der Waals surface area contributed by atoms with Gasteiger partial charge in [0, 0.05) is 17.4 Å². The summed E-state index contributed by atoms with van der Waals surface area (Å²) in [5, 5.41) is 18.6. The zero-order chi connectivity index (χ0) is 20.3. The number of hydrogen-bond donors (Lipinski definition) is 4. The maximum Gasteiger partial charge on any atom is 0.274 e. The van der Waals surface area contributed by atoms with E-state index in [4.69, 9.17) is 5.21 Å². The Morgan fingerprint density at radius 3 is 2.24 bits per heavy atom. The van der Waals surface area contributed by atoms with Crippen molar-refractivity contribution in [2.45, 2.75) is 31.1 Å². The molecule has 1 saturated carbocycles. The summed E-state index contributed by atoms with van der Waals surface area (Å²) in [6.45, 7) is 0. The van der Waals surface area contributed by atoms with Gasteiger partial charge in [-0.2, -0.15) is 5.10 Å². The second kappa shape index (κ2) is 7.89. The Hall–Kier alpha value is -3.45. The highest BCUT2D eigenvalue weighted by molar-refractivity contribution is 6.00. The van der Waals surface area contributed by atoms with Gasteiger partial charge in [0.15, 0.2) is 0 Å².